The molecule has 1 aromatic rings. The van der Waals surface area contributed by atoms with Gasteiger partial charge in [0.15, 0.2) is 5.89 Å². The van der Waals surface area contributed by atoms with Crippen molar-refractivity contribution >= 4 is 11.9 Å². The number of aryl methyl sites for hydroxylation is 1. The number of piperidine rings is 1. The second-order valence-corrected chi connectivity index (χ2v) is 5.01. The number of aromatic nitrogens is 1. The molecule has 1 aromatic heterocycles. The number of amides is 3. The maximum Gasteiger partial charge on any atom is 0.325 e. The van der Waals surface area contributed by atoms with Gasteiger partial charge >= 0.3 is 6.03 Å². The van der Waals surface area contributed by atoms with Gasteiger partial charge in [0.25, 0.3) is 5.91 Å². The molecule has 3 rings (SSSR count). The molecule has 19 heavy (non-hydrogen) atoms. The highest BCUT2D eigenvalue weighted by molar-refractivity contribution is 6.07. The molecule has 0 atom stereocenters. The highest BCUT2D eigenvalue weighted by Gasteiger charge is 2.51. The Labute approximate surface area is 110 Å². The fourth-order valence-electron chi connectivity index (χ4n) is 2.66. The van der Waals surface area contributed by atoms with Gasteiger partial charge in [0, 0.05) is 6.92 Å². The average Bonchev–Trinajstić information content (AvgIpc) is 2.89. The van der Waals surface area contributed by atoms with E-state index in [0.717, 1.165) is 13.1 Å². The number of imide groups is 1. The van der Waals surface area contributed by atoms with Crippen molar-refractivity contribution in [1.82, 2.24) is 20.5 Å². The van der Waals surface area contributed by atoms with E-state index in [1.54, 1.807) is 6.92 Å². The van der Waals surface area contributed by atoms with Crippen LogP contribution in [0.1, 0.15) is 24.4 Å². The third kappa shape index (κ3) is 1.99. The largest absolute Gasteiger partial charge is 0.449 e. The summed E-state index contributed by atoms with van der Waals surface area (Å²) in [5.74, 6) is 0.373. The van der Waals surface area contributed by atoms with Gasteiger partial charge in [-0.25, -0.2) is 9.78 Å². The molecule has 1 spiro atoms. The van der Waals surface area contributed by atoms with Gasteiger partial charge in [-0.1, -0.05) is 0 Å². The lowest BCUT2D eigenvalue weighted by atomic mass is 9.88. The minimum atomic E-state index is -0.721. The highest BCUT2D eigenvalue weighted by atomic mass is 16.3. The Bertz CT molecular complexity index is 519. The zero-order chi connectivity index (χ0) is 13.5. The molecular formula is C12H16N4O3. The summed E-state index contributed by atoms with van der Waals surface area (Å²) >= 11 is 0. The van der Waals surface area contributed by atoms with Gasteiger partial charge in [0.05, 0.1) is 12.2 Å². The molecule has 3 amide bonds. The number of hydrogen-bond donors (Lipinski definition) is 2. The van der Waals surface area contributed by atoms with Crippen LogP contribution in [0.25, 0.3) is 0 Å². The standard InChI is InChI=1S/C12H16N4O3/c1-8-14-9(7-19-8)6-16-10(17)12(15-11(16)18)2-4-13-5-3-12/h7,13H,2-6H2,1H3,(H,15,18). The summed E-state index contributed by atoms with van der Waals surface area (Å²) in [5.41, 5.74) is -0.131. The lowest BCUT2D eigenvalue weighted by Crippen LogP contribution is -2.53. The van der Waals surface area contributed by atoms with Crippen LogP contribution in [-0.2, 0) is 11.3 Å². The van der Waals surface area contributed by atoms with Crippen LogP contribution in [0.4, 0.5) is 4.79 Å². The van der Waals surface area contributed by atoms with Crippen LogP contribution < -0.4 is 10.6 Å². The monoisotopic (exact) mass is 264 g/mol. The van der Waals surface area contributed by atoms with E-state index in [1.165, 1.54) is 11.2 Å². The maximum absolute atomic E-state index is 12.5. The second kappa shape index (κ2) is 4.34. The minimum Gasteiger partial charge on any atom is -0.449 e. The second-order valence-electron chi connectivity index (χ2n) is 5.01. The lowest BCUT2D eigenvalue weighted by Gasteiger charge is -2.30. The molecular weight excluding hydrogens is 248 g/mol. The molecule has 2 aliphatic heterocycles. The Morgan fingerprint density at radius 1 is 1.42 bits per heavy atom. The Morgan fingerprint density at radius 3 is 2.79 bits per heavy atom. The van der Waals surface area contributed by atoms with Crippen molar-refractivity contribution in [1.29, 1.82) is 0 Å². The van der Waals surface area contributed by atoms with Gasteiger partial charge in [-0.3, -0.25) is 9.69 Å². The smallest absolute Gasteiger partial charge is 0.325 e. The van der Waals surface area contributed by atoms with Crippen LogP contribution in [0.5, 0.6) is 0 Å². The molecule has 2 aliphatic rings. The SMILES string of the molecule is Cc1nc(CN2C(=O)NC3(CCNCC3)C2=O)co1. The summed E-state index contributed by atoms with van der Waals surface area (Å²) in [7, 11) is 0. The van der Waals surface area contributed by atoms with Crippen LogP contribution in [0.15, 0.2) is 10.7 Å². The molecule has 0 radical (unpaired) electrons. The fourth-order valence-corrected chi connectivity index (χ4v) is 2.66. The first-order valence-electron chi connectivity index (χ1n) is 6.37. The van der Waals surface area contributed by atoms with Gasteiger partial charge in [0.2, 0.25) is 0 Å². The Kier molecular flexibility index (Phi) is 2.78. The fraction of sp³-hybridized carbons (Fsp3) is 0.583. The summed E-state index contributed by atoms with van der Waals surface area (Å²) in [6, 6.07) is -0.340. The summed E-state index contributed by atoms with van der Waals surface area (Å²) in [6.07, 6.45) is 2.74. The van der Waals surface area contributed by atoms with Gasteiger partial charge in [0.1, 0.15) is 11.8 Å². The highest BCUT2D eigenvalue weighted by Crippen LogP contribution is 2.27. The van der Waals surface area contributed by atoms with Crippen molar-refractivity contribution in [2.45, 2.75) is 31.8 Å². The summed E-state index contributed by atoms with van der Waals surface area (Å²) < 4.78 is 5.09. The third-order valence-corrected chi connectivity index (χ3v) is 3.69. The first-order chi connectivity index (χ1) is 9.11. The number of nitrogens with zero attached hydrogens (tertiary/aromatic N) is 2. The van der Waals surface area contributed by atoms with Gasteiger partial charge in [-0.2, -0.15) is 0 Å². The van der Waals surface area contributed by atoms with Crippen LogP contribution in [0.2, 0.25) is 0 Å². The lowest BCUT2D eigenvalue weighted by molar-refractivity contribution is -0.132. The molecule has 102 valence electrons. The Morgan fingerprint density at radius 2 is 2.16 bits per heavy atom. The van der Waals surface area contributed by atoms with Crippen LogP contribution in [-0.4, -0.2) is 40.5 Å². The first-order valence-corrected chi connectivity index (χ1v) is 6.37. The van der Waals surface area contributed by atoms with E-state index in [9.17, 15) is 9.59 Å². The minimum absolute atomic E-state index is 0.153. The maximum atomic E-state index is 12.5. The molecule has 0 saturated carbocycles. The van der Waals surface area contributed by atoms with E-state index in [0.29, 0.717) is 24.4 Å². The summed E-state index contributed by atoms with van der Waals surface area (Å²) in [5, 5.41) is 6.02. The number of rotatable bonds is 2. The number of nitrogens with one attached hydrogen (secondary N) is 2. The van der Waals surface area contributed by atoms with Gasteiger partial charge in [-0.15, -0.1) is 0 Å². The molecule has 2 saturated heterocycles. The molecule has 7 nitrogen and oxygen atoms in total. The predicted molar refractivity (Wildman–Crippen MR) is 65.2 cm³/mol. The van der Waals surface area contributed by atoms with Crippen LogP contribution >= 0.6 is 0 Å². The van der Waals surface area contributed by atoms with E-state index in [2.05, 4.69) is 15.6 Å². The third-order valence-electron chi connectivity index (χ3n) is 3.69. The van der Waals surface area contributed by atoms with E-state index in [-0.39, 0.29) is 18.5 Å². The van der Waals surface area contributed by atoms with Gasteiger partial charge in [-0.05, 0) is 25.9 Å². The van der Waals surface area contributed by atoms with Gasteiger partial charge < -0.3 is 15.1 Å². The molecule has 2 fully saturated rings. The number of carbonyl (C=O) groups excluding carboxylic acids is 2. The zero-order valence-corrected chi connectivity index (χ0v) is 10.7. The summed E-state index contributed by atoms with van der Waals surface area (Å²) in [4.78, 5) is 29.8. The number of oxazole rings is 1. The first kappa shape index (κ1) is 12.2. The van der Waals surface area contributed by atoms with E-state index < -0.39 is 5.54 Å². The van der Waals surface area contributed by atoms with Crippen molar-refractivity contribution in [3.8, 4) is 0 Å². The van der Waals surface area contributed by atoms with Crippen molar-refractivity contribution in [2.75, 3.05) is 13.1 Å². The van der Waals surface area contributed by atoms with Crippen LogP contribution in [0, 0.1) is 6.92 Å². The number of hydrogen-bond acceptors (Lipinski definition) is 5. The van der Waals surface area contributed by atoms with E-state index >= 15 is 0 Å². The topological polar surface area (TPSA) is 87.5 Å². The van der Waals surface area contributed by atoms with E-state index in [4.69, 9.17) is 4.42 Å². The Balaban J connectivity index is 1.79. The number of carbonyl (C=O) groups is 2. The Hall–Kier alpha value is -1.89. The van der Waals surface area contributed by atoms with Crippen molar-refractivity contribution in [3.63, 3.8) is 0 Å². The molecule has 2 N–H and O–H groups in total. The molecule has 0 bridgehead atoms. The van der Waals surface area contributed by atoms with E-state index in [1.807, 2.05) is 0 Å². The molecule has 0 aliphatic carbocycles. The average molecular weight is 264 g/mol. The summed E-state index contributed by atoms with van der Waals surface area (Å²) in [6.45, 7) is 3.37. The molecule has 0 aromatic carbocycles. The van der Waals surface area contributed by atoms with Crippen LogP contribution in [0.3, 0.4) is 0 Å². The molecule has 0 unspecified atom stereocenters. The molecule has 3 heterocycles. The zero-order valence-electron chi connectivity index (χ0n) is 10.7. The van der Waals surface area contributed by atoms with Crippen molar-refractivity contribution in [3.05, 3.63) is 17.8 Å². The quantitative estimate of drug-likeness (QED) is 0.743. The van der Waals surface area contributed by atoms with Crippen molar-refractivity contribution in [2.24, 2.45) is 0 Å². The molecule has 7 heteroatoms. The van der Waals surface area contributed by atoms with Crippen molar-refractivity contribution < 1.29 is 14.0 Å². The normalized spacial score (nSPS) is 22.1. The number of urea groups is 1. The predicted octanol–water partition coefficient (Wildman–Crippen LogP) is 0.157.